The molecule has 0 radical (unpaired) electrons. The van der Waals surface area contributed by atoms with E-state index < -0.39 is 0 Å². The summed E-state index contributed by atoms with van der Waals surface area (Å²) in [4.78, 5) is 23.1. The topological polar surface area (TPSA) is 46.1 Å². The van der Waals surface area contributed by atoms with Crippen molar-refractivity contribution in [1.82, 2.24) is 14.9 Å². The van der Waals surface area contributed by atoms with Crippen molar-refractivity contribution < 1.29 is 4.79 Å². The van der Waals surface area contributed by atoms with Crippen LogP contribution >= 0.6 is 11.3 Å². The van der Waals surface area contributed by atoms with E-state index in [0.717, 1.165) is 17.2 Å². The van der Waals surface area contributed by atoms with Gasteiger partial charge in [0, 0.05) is 25.2 Å². The normalized spacial score (nSPS) is 15.7. The molecule has 2 aromatic rings. The molecule has 0 unspecified atom stereocenters. The summed E-state index contributed by atoms with van der Waals surface area (Å²) < 4.78 is 0. The summed E-state index contributed by atoms with van der Waals surface area (Å²) in [5.74, 6) is 0.667. The number of carbonyl (C=O) groups excluding carboxylic acids is 1. The average molecular weight is 315 g/mol. The number of hydrogen-bond donors (Lipinski definition) is 0. The van der Waals surface area contributed by atoms with Gasteiger partial charge in [-0.3, -0.25) is 9.78 Å². The van der Waals surface area contributed by atoms with Crippen LogP contribution in [0, 0.1) is 5.92 Å². The van der Waals surface area contributed by atoms with E-state index in [2.05, 4.69) is 9.97 Å². The molecule has 2 heterocycles. The molecule has 1 aliphatic carbocycles. The van der Waals surface area contributed by atoms with E-state index in [1.54, 1.807) is 6.20 Å². The highest BCUT2D eigenvalue weighted by Gasteiger charge is 2.21. The highest BCUT2D eigenvalue weighted by atomic mass is 32.1. The lowest BCUT2D eigenvalue weighted by Crippen LogP contribution is -2.32. The third kappa shape index (κ3) is 3.53. The van der Waals surface area contributed by atoms with E-state index >= 15 is 0 Å². The minimum Gasteiger partial charge on any atom is -0.340 e. The van der Waals surface area contributed by atoms with E-state index in [-0.39, 0.29) is 5.91 Å². The molecule has 0 bridgehead atoms. The predicted molar refractivity (Wildman–Crippen MR) is 88.9 cm³/mol. The van der Waals surface area contributed by atoms with Crippen LogP contribution in [0.3, 0.4) is 0 Å². The quantitative estimate of drug-likeness (QED) is 0.860. The van der Waals surface area contributed by atoms with Gasteiger partial charge in [-0.2, -0.15) is 0 Å². The maximum atomic E-state index is 12.5. The SMILES string of the molecule is CN(CC1CCCCC1)C(=O)c1csc(-c2ccccn2)n1. The van der Waals surface area contributed by atoms with E-state index in [1.165, 1.54) is 43.4 Å². The van der Waals surface area contributed by atoms with Gasteiger partial charge in [-0.15, -0.1) is 11.3 Å². The van der Waals surface area contributed by atoms with Crippen LogP contribution in [0.1, 0.15) is 42.6 Å². The molecule has 0 aromatic carbocycles. The zero-order valence-electron chi connectivity index (χ0n) is 12.9. The van der Waals surface area contributed by atoms with Crippen LogP contribution in [0.25, 0.3) is 10.7 Å². The van der Waals surface area contributed by atoms with Gasteiger partial charge in [-0.05, 0) is 30.9 Å². The van der Waals surface area contributed by atoms with E-state index in [1.807, 2.05) is 35.5 Å². The van der Waals surface area contributed by atoms with Gasteiger partial charge in [-0.1, -0.05) is 25.3 Å². The van der Waals surface area contributed by atoms with Gasteiger partial charge in [0.25, 0.3) is 5.91 Å². The molecule has 116 valence electrons. The fourth-order valence-corrected chi connectivity index (χ4v) is 3.78. The van der Waals surface area contributed by atoms with Crippen LogP contribution in [-0.2, 0) is 0 Å². The molecular formula is C17H21N3OS. The first-order valence-corrected chi connectivity index (χ1v) is 8.74. The van der Waals surface area contributed by atoms with Gasteiger partial charge in [0.15, 0.2) is 0 Å². The van der Waals surface area contributed by atoms with Crippen molar-refractivity contribution in [2.45, 2.75) is 32.1 Å². The molecule has 5 heteroatoms. The molecule has 1 aliphatic rings. The van der Waals surface area contributed by atoms with Crippen molar-refractivity contribution in [2.24, 2.45) is 5.92 Å². The molecule has 3 rings (SSSR count). The lowest BCUT2D eigenvalue weighted by Gasteiger charge is -2.26. The Hall–Kier alpha value is -1.75. The number of pyridine rings is 1. The van der Waals surface area contributed by atoms with Crippen LogP contribution in [0.2, 0.25) is 0 Å². The fourth-order valence-electron chi connectivity index (χ4n) is 3.01. The summed E-state index contributed by atoms with van der Waals surface area (Å²) in [6.45, 7) is 0.843. The third-order valence-electron chi connectivity index (χ3n) is 4.21. The molecule has 1 amide bonds. The Morgan fingerprint density at radius 1 is 1.32 bits per heavy atom. The molecule has 22 heavy (non-hydrogen) atoms. The van der Waals surface area contributed by atoms with Crippen molar-refractivity contribution >= 4 is 17.2 Å². The van der Waals surface area contributed by atoms with Crippen molar-refractivity contribution in [3.63, 3.8) is 0 Å². The molecule has 1 fully saturated rings. The first-order valence-electron chi connectivity index (χ1n) is 7.86. The lowest BCUT2D eigenvalue weighted by molar-refractivity contribution is 0.0755. The standard InChI is InChI=1S/C17H21N3OS/c1-20(11-13-7-3-2-4-8-13)17(21)15-12-22-16(19-15)14-9-5-6-10-18-14/h5-6,9-10,12-13H,2-4,7-8,11H2,1H3. The summed E-state index contributed by atoms with van der Waals surface area (Å²) in [6, 6.07) is 5.72. The second kappa shape index (κ2) is 7.01. The van der Waals surface area contributed by atoms with E-state index in [0.29, 0.717) is 11.6 Å². The highest BCUT2D eigenvalue weighted by molar-refractivity contribution is 7.13. The molecule has 2 aromatic heterocycles. The Balaban J connectivity index is 1.66. The van der Waals surface area contributed by atoms with Crippen LogP contribution in [0.4, 0.5) is 0 Å². The molecular weight excluding hydrogens is 294 g/mol. The number of nitrogens with zero attached hydrogens (tertiary/aromatic N) is 3. The highest BCUT2D eigenvalue weighted by Crippen LogP contribution is 2.25. The Labute approximate surface area is 135 Å². The number of amides is 1. The summed E-state index contributed by atoms with van der Waals surface area (Å²) >= 11 is 1.47. The van der Waals surface area contributed by atoms with Gasteiger partial charge >= 0.3 is 0 Å². The molecule has 4 nitrogen and oxygen atoms in total. The van der Waals surface area contributed by atoms with Crippen molar-refractivity contribution in [3.8, 4) is 10.7 Å². The maximum absolute atomic E-state index is 12.5. The Morgan fingerprint density at radius 2 is 2.14 bits per heavy atom. The maximum Gasteiger partial charge on any atom is 0.273 e. The first-order chi connectivity index (χ1) is 10.7. The Kier molecular flexibility index (Phi) is 4.83. The van der Waals surface area contributed by atoms with Gasteiger partial charge in [0.2, 0.25) is 0 Å². The number of hydrogen-bond acceptors (Lipinski definition) is 4. The summed E-state index contributed by atoms with van der Waals surface area (Å²) in [5, 5.41) is 2.64. The predicted octanol–water partition coefficient (Wildman–Crippen LogP) is 3.86. The third-order valence-corrected chi connectivity index (χ3v) is 5.08. The van der Waals surface area contributed by atoms with Crippen LogP contribution in [0.15, 0.2) is 29.8 Å². The van der Waals surface area contributed by atoms with Crippen LogP contribution in [-0.4, -0.2) is 34.4 Å². The minimum absolute atomic E-state index is 0.0176. The molecule has 0 atom stereocenters. The van der Waals surface area contributed by atoms with Crippen LogP contribution in [0.5, 0.6) is 0 Å². The van der Waals surface area contributed by atoms with Crippen molar-refractivity contribution in [2.75, 3.05) is 13.6 Å². The molecule has 0 saturated heterocycles. The zero-order valence-corrected chi connectivity index (χ0v) is 13.7. The van der Waals surface area contributed by atoms with Gasteiger partial charge in [-0.25, -0.2) is 4.98 Å². The van der Waals surface area contributed by atoms with E-state index in [9.17, 15) is 4.79 Å². The molecule has 0 N–H and O–H groups in total. The first kappa shape index (κ1) is 15.2. The summed E-state index contributed by atoms with van der Waals surface area (Å²) in [5.41, 5.74) is 1.35. The number of aromatic nitrogens is 2. The van der Waals surface area contributed by atoms with E-state index in [4.69, 9.17) is 0 Å². The largest absolute Gasteiger partial charge is 0.340 e. The summed E-state index contributed by atoms with van der Waals surface area (Å²) in [6.07, 6.45) is 8.17. The fraction of sp³-hybridized carbons (Fsp3) is 0.471. The monoisotopic (exact) mass is 315 g/mol. The molecule has 0 spiro atoms. The van der Waals surface area contributed by atoms with Crippen molar-refractivity contribution in [1.29, 1.82) is 0 Å². The molecule has 1 saturated carbocycles. The van der Waals surface area contributed by atoms with Gasteiger partial charge in [0.05, 0.1) is 5.69 Å². The van der Waals surface area contributed by atoms with Crippen LogP contribution < -0.4 is 0 Å². The second-order valence-corrected chi connectivity index (χ2v) is 6.80. The second-order valence-electron chi connectivity index (χ2n) is 5.94. The number of rotatable bonds is 4. The Bertz CT molecular complexity index is 620. The van der Waals surface area contributed by atoms with Gasteiger partial charge < -0.3 is 4.90 Å². The van der Waals surface area contributed by atoms with Crippen molar-refractivity contribution in [3.05, 3.63) is 35.5 Å². The van der Waals surface area contributed by atoms with Gasteiger partial charge in [0.1, 0.15) is 10.7 Å². The number of thiazole rings is 1. The average Bonchev–Trinajstić information content (AvgIpc) is 3.06. The smallest absolute Gasteiger partial charge is 0.273 e. The minimum atomic E-state index is 0.0176. The number of carbonyl (C=O) groups is 1. The lowest BCUT2D eigenvalue weighted by atomic mass is 9.89. The summed E-state index contributed by atoms with van der Waals surface area (Å²) in [7, 11) is 1.89. The zero-order chi connectivity index (χ0) is 15.4. The Morgan fingerprint density at radius 3 is 2.86 bits per heavy atom. The molecule has 0 aliphatic heterocycles.